The second-order valence-corrected chi connectivity index (χ2v) is 8.56. The number of methoxy groups -OCH3 is 1. The van der Waals surface area contributed by atoms with Gasteiger partial charge in [0.05, 0.1) is 19.4 Å². The van der Waals surface area contributed by atoms with Crippen LogP contribution in [0.5, 0.6) is 11.5 Å². The third kappa shape index (κ3) is 7.07. The Balaban J connectivity index is 0.000000337. The molecule has 1 fully saturated rings. The first kappa shape index (κ1) is 28.7. The summed E-state index contributed by atoms with van der Waals surface area (Å²) in [4.78, 5) is 4.68. The summed E-state index contributed by atoms with van der Waals surface area (Å²) in [5, 5.41) is 0. The summed E-state index contributed by atoms with van der Waals surface area (Å²) in [6, 6.07) is 16.7. The zero-order valence-corrected chi connectivity index (χ0v) is 23.5. The van der Waals surface area contributed by atoms with Crippen LogP contribution < -0.4 is 9.47 Å². The second kappa shape index (κ2) is 14.0. The van der Waals surface area contributed by atoms with Crippen LogP contribution in [-0.2, 0) is 17.9 Å². The Hall–Kier alpha value is -1.35. The minimum absolute atomic E-state index is 0. The van der Waals surface area contributed by atoms with Gasteiger partial charge < -0.3 is 21.9 Å². The SMILES string of the molecule is CC1C(C)C(C)C(C)C1C.COc1ccc(N=C2CCOc3ccc[c-]c32)cc1.[CH3-].[Cl][Ir+2]. The molecule has 1 saturated carbocycles. The minimum atomic E-state index is 0. The predicted molar refractivity (Wildman–Crippen MR) is 133 cm³/mol. The Kier molecular flexibility index (Phi) is 12.6. The normalized spacial score (nSPS) is 26.9. The maximum absolute atomic E-state index is 5.60. The van der Waals surface area contributed by atoms with Crippen LogP contribution in [0.15, 0.2) is 47.5 Å². The molecule has 0 spiro atoms. The monoisotopic (exact) mass is 635 g/mol. The van der Waals surface area contributed by atoms with E-state index in [-0.39, 0.29) is 7.43 Å². The number of halogens is 1. The van der Waals surface area contributed by atoms with E-state index in [9.17, 15) is 0 Å². The first-order chi connectivity index (χ1) is 14.9. The summed E-state index contributed by atoms with van der Waals surface area (Å²) in [6.07, 6.45) is 0.805. The van der Waals surface area contributed by atoms with Crippen molar-refractivity contribution in [3.63, 3.8) is 0 Å². The molecule has 4 rings (SSSR count). The van der Waals surface area contributed by atoms with E-state index in [2.05, 4.69) is 55.3 Å². The molecule has 1 heterocycles. The number of rotatable bonds is 2. The van der Waals surface area contributed by atoms with Gasteiger partial charge in [0.15, 0.2) is 0 Å². The fraction of sp³-hybridized carbons (Fsp3) is 0.481. The van der Waals surface area contributed by atoms with E-state index < -0.39 is 0 Å². The van der Waals surface area contributed by atoms with Crippen molar-refractivity contribution in [3.05, 3.63) is 61.5 Å². The van der Waals surface area contributed by atoms with Crippen molar-refractivity contribution < 1.29 is 27.4 Å². The number of hydrogen-bond acceptors (Lipinski definition) is 3. The molecule has 3 nitrogen and oxygen atoms in total. The number of nitrogens with zero attached hydrogens (tertiary/aromatic N) is 1. The summed E-state index contributed by atoms with van der Waals surface area (Å²) in [5.41, 5.74) is 2.90. The van der Waals surface area contributed by atoms with Crippen molar-refractivity contribution in [2.75, 3.05) is 13.7 Å². The summed E-state index contributed by atoms with van der Waals surface area (Å²) in [6.45, 7) is 12.7. The Morgan fingerprint density at radius 1 is 0.938 bits per heavy atom. The molecule has 0 saturated heterocycles. The van der Waals surface area contributed by atoms with Gasteiger partial charge in [-0.25, -0.2) is 0 Å². The van der Waals surface area contributed by atoms with E-state index in [1.165, 1.54) is 17.9 Å². The Morgan fingerprint density at radius 2 is 1.47 bits per heavy atom. The van der Waals surface area contributed by atoms with Crippen LogP contribution in [-0.4, -0.2) is 19.4 Å². The predicted octanol–water partition coefficient (Wildman–Crippen LogP) is 7.72. The summed E-state index contributed by atoms with van der Waals surface area (Å²) >= 11 is 1.47. The first-order valence-corrected chi connectivity index (χ1v) is 13.9. The second-order valence-electron chi connectivity index (χ2n) is 8.56. The molecule has 0 atom stereocenters. The van der Waals surface area contributed by atoms with Crippen LogP contribution in [0.1, 0.15) is 46.6 Å². The topological polar surface area (TPSA) is 30.8 Å². The van der Waals surface area contributed by atoms with E-state index in [1.807, 2.05) is 42.5 Å². The number of hydrogen-bond donors (Lipinski definition) is 0. The van der Waals surface area contributed by atoms with Crippen molar-refractivity contribution in [1.82, 2.24) is 0 Å². The molecule has 2 aliphatic rings. The first-order valence-electron chi connectivity index (χ1n) is 10.9. The number of fused-ring (bicyclic) bond motifs is 1. The van der Waals surface area contributed by atoms with Gasteiger partial charge in [-0.15, -0.1) is 24.3 Å². The molecule has 178 valence electrons. The van der Waals surface area contributed by atoms with E-state index >= 15 is 0 Å². The summed E-state index contributed by atoms with van der Waals surface area (Å²) in [5.74, 6) is 6.37. The van der Waals surface area contributed by atoms with Gasteiger partial charge in [-0.05, 0) is 66.0 Å². The van der Waals surface area contributed by atoms with Crippen LogP contribution in [0.4, 0.5) is 5.69 Å². The molecule has 0 amide bonds. The number of ether oxygens (including phenoxy) is 2. The standard InChI is InChI=1S/C16H14NO2.C10H20.CH3.ClH.Ir/c1-18-13-8-6-12(7-9-13)17-15-10-11-19-16-5-3-2-4-14(15)16;1-6-7(2)9(4)10(5)8(6)3;;;/h2-3,5-9H,10-11H2,1H3;6-10H,1-5H3;1H3;1H;/q-1;;-1;;+3/p-1. The third-order valence-corrected chi connectivity index (χ3v) is 7.19. The number of benzene rings is 2. The quantitative estimate of drug-likeness (QED) is 0.317. The molecule has 32 heavy (non-hydrogen) atoms. The third-order valence-electron chi connectivity index (χ3n) is 7.19. The Labute approximate surface area is 210 Å². The molecular formula is C27H37ClIrNO2. The fourth-order valence-electron chi connectivity index (χ4n) is 4.47. The Morgan fingerprint density at radius 3 is 1.97 bits per heavy atom. The van der Waals surface area contributed by atoms with Crippen molar-refractivity contribution in [1.29, 1.82) is 0 Å². The van der Waals surface area contributed by atoms with Crippen LogP contribution in [0.25, 0.3) is 0 Å². The molecule has 0 unspecified atom stereocenters. The fourth-order valence-corrected chi connectivity index (χ4v) is 4.47. The van der Waals surface area contributed by atoms with Crippen LogP contribution in [0, 0.1) is 43.1 Å². The number of aliphatic imine (C=N–C) groups is 1. The average molecular weight is 635 g/mol. The van der Waals surface area contributed by atoms with Crippen molar-refractivity contribution in [3.8, 4) is 11.5 Å². The molecule has 2 aromatic rings. The molecule has 5 heteroatoms. The van der Waals surface area contributed by atoms with Gasteiger partial charge in [0.25, 0.3) is 0 Å². The van der Waals surface area contributed by atoms with Crippen molar-refractivity contribution >= 4 is 21.0 Å². The molecule has 2 aromatic carbocycles. The molecule has 0 bridgehead atoms. The van der Waals surface area contributed by atoms with Gasteiger partial charge in [0.1, 0.15) is 5.75 Å². The van der Waals surface area contributed by atoms with Gasteiger partial charge >= 0.3 is 27.5 Å². The van der Waals surface area contributed by atoms with E-state index in [0.717, 1.165) is 64.5 Å². The summed E-state index contributed by atoms with van der Waals surface area (Å²) in [7, 11) is 6.30. The van der Waals surface area contributed by atoms with Gasteiger partial charge in [-0.3, -0.25) is 0 Å². The molecule has 0 radical (unpaired) electrons. The van der Waals surface area contributed by atoms with Crippen LogP contribution in [0.2, 0.25) is 0 Å². The van der Waals surface area contributed by atoms with E-state index in [0.29, 0.717) is 6.61 Å². The van der Waals surface area contributed by atoms with Gasteiger partial charge in [-0.1, -0.05) is 40.2 Å². The molecule has 0 N–H and O–H groups in total. The van der Waals surface area contributed by atoms with E-state index in [1.54, 1.807) is 7.11 Å². The molecular weight excluding hydrogens is 598 g/mol. The Bertz CT molecular complexity index is 795. The van der Waals surface area contributed by atoms with Crippen LogP contribution in [0.3, 0.4) is 0 Å². The zero-order valence-electron chi connectivity index (χ0n) is 20.3. The molecule has 1 aliphatic heterocycles. The summed E-state index contributed by atoms with van der Waals surface area (Å²) < 4.78 is 10.7. The molecule has 1 aliphatic carbocycles. The van der Waals surface area contributed by atoms with E-state index in [4.69, 9.17) is 9.47 Å². The van der Waals surface area contributed by atoms with Crippen molar-refractivity contribution in [2.45, 2.75) is 41.0 Å². The van der Waals surface area contributed by atoms with Crippen molar-refractivity contribution in [2.24, 2.45) is 34.6 Å². The van der Waals surface area contributed by atoms with Gasteiger partial charge in [0.2, 0.25) is 0 Å². The average Bonchev–Trinajstić information content (AvgIpc) is 2.99. The van der Waals surface area contributed by atoms with Gasteiger partial charge in [-0.2, -0.15) is 0 Å². The van der Waals surface area contributed by atoms with Crippen LogP contribution >= 0.6 is 9.58 Å². The zero-order chi connectivity index (χ0) is 23.0. The molecule has 0 aromatic heterocycles. The van der Waals surface area contributed by atoms with Gasteiger partial charge in [0, 0.05) is 5.75 Å². The maximum atomic E-state index is 5.60.